The zero-order valence-electron chi connectivity index (χ0n) is 17.9. The molecule has 2 aliphatic rings. The third kappa shape index (κ3) is 3.65. The first-order chi connectivity index (χ1) is 15.6. The lowest BCUT2D eigenvalue weighted by molar-refractivity contribution is -0.139. The first-order valence-electron chi connectivity index (χ1n) is 10.6. The van der Waals surface area contributed by atoms with Crippen LogP contribution in [0.5, 0.6) is 0 Å². The number of rotatable bonds is 5. The van der Waals surface area contributed by atoms with E-state index < -0.39 is 12.0 Å². The highest BCUT2D eigenvalue weighted by Crippen LogP contribution is 2.33. The first-order valence-corrected chi connectivity index (χ1v) is 12.3. The van der Waals surface area contributed by atoms with Crippen LogP contribution >= 0.6 is 22.7 Å². The second-order valence-corrected chi connectivity index (χ2v) is 9.68. The molecule has 0 saturated carbocycles. The Balaban J connectivity index is 1.61. The van der Waals surface area contributed by atoms with E-state index in [1.54, 1.807) is 24.5 Å². The van der Waals surface area contributed by atoms with Crippen molar-refractivity contribution in [2.45, 2.75) is 32.7 Å². The van der Waals surface area contributed by atoms with Gasteiger partial charge in [0.25, 0.3) is 5.56 Å². The van der Waals surface area contributed by atoms with Gasteiger partial charge in [-0.3, -0.25) is 9.36 Å². The van der Waals surface area contributed by atoms with E-state index in [0.29, 0.717) is 26.4 Å². The largest absolute Gasteiger partial charge is 0.463 e. The number of thiophene rings is 1. The molecule has 32 heavy (non-hydrogen) atoms. The van der Waals surface area contributed by atoms with E-state index in [4.69, 9.17) is 9.15 Å². The van der Waals surface area contributed by atoms with Crippen LogP contribution in [0.15, 0.2) is 55.1 Å². The molecule has 1 fully saturated rings. The summed E-state index contributed by atoms with van der Waals surface area (Å²) in [6.07, 6.45) is 4.09. The Hall–Kier alpha value is -2.91. The van der Waals surface area contributed by atoms with Crippen LogP contribution in [0, 0.1) is 0 Å². The number of aromatic nitrogens is 1. The van der Waals surface area contributed by atoms with Crippen molar-refractivity contribution >= 4 is 40.6 Å². The van der Waals surface area contributed by atoms with Gasteiger partial charge < -0.3 is 14.1 Å². The predicted octanol–water partition coefficient (Wildman–Crippen LogP) is 3.05. The second-order valence-electron chi connectivity index (χ2n) is 7.69. The molecule has 0 aromatic carbocycles. The fraction of sp³-hybridized carbons (Fsp3) is 0.348. The van der Waals surface area contributed by atoms with E-state index in [9.17, 15) is 9.59 Å². The summed E-state index contributed by atoms with van der Waals surface area (Å²) >= 11 is 2.80. The summed E-state index contributed by atoms with van der Waals surface area (Å²) in [5, 5.41) is 1.94. The van der Waals surface area contributed by atoms with Crippen molar-refractivity contribution in [3.05, 3.63) is 71.2 Å². The fourth-order valence-corrected chi connectivity index (χ4v) is 6.01. The Labute approximate surface area is 192 Å². The zero-order chi connectivity index (χ0) is 22.2. The number of ether oxygens (including phenoxy) is 1. The lowest BCUT2D eigenvalue weighted by Gasteiger charge is -2.23. The van der Waals surface area contributed by atoms with Gasteiger partial charge in [-0.05, 0) is 44.2 Å². The average molecular weight is 470 g/mol. The van der Waals surface area contributed by atoms with Crippen molar-refractivity contribution in [3.63, 3.8) is 0 Å². The smallest absolute Gasteiger partial charge is 0.338 e. The lowest BCUT2D eigenvalue weighted by Crippen LogP contribution is -2.39. The van der Waals surface area contributed by atoms with Gasteiger partial charge in [-0.15, -0.1) is 11.3 Å². The van der Waals surface area contributed by atoms with E-state index in [2.05, 4.69) is 9.89 Å². The normalized spacial score (nSPS) is 18.8. The maximum Gasteiger partial charge on any atom is 0.338 e. The Bertz CT molecular complexity index is 1350. The van der Waals surface area contributed by atoms with Crippen LogP contribution in [0.2, 0.25) is 0 Å². The molecule has 166 valence electrons. The van der Waals surface area contributed by atoms with Gasteiger partial charge in [-0.25, -0.2) is 9.79 Å². The van der Waals surface area contributed by atoms with Crippen LogP contribution in [0.3, 0.4) is 0 Å². The quantitative estimate of drug-likeness (QED) is 0.537. The average Bonchev–Trinajstić information content (AvgIpc) is 3.57. The van der Waals surface area contributed by atoms with Gasteiger partial charge in [0.05, 0.1) is 22.4 Å². The van der Waals surface area contributed by atoms with Gasteiger partial charge in [-0.2, -0.15) is 0 Å². The molecule has 9 heteroatoms. The molecular weight excluding hydrogens is 446 g/mol. The van der Waals surface area contributed by atoms with Crippen LogP contribution in [-0.4, -0.2) is 30.2 Å². The van der Waals surface area contributed by atoms with E-state index >= 15 is 0 Å². The van der Waals surface area contributed by atoms with Gasteiger partial charge >= 0.3 is 5.97 Å². The molecule has 2 aliphatic heterocycles. The number of thiazole rings is 1. The minimum absolute atomic E-state index is 0.194. The number of carbonyl (C=O) groups excluding carboxylic acids is 1. The van der Waals surface area contributed by atoms with Gasteiger partial charge in [0, 0.05) is 30.1 Å². The molecule has 0 amide bonds. The molecule has 3 aromatic heterocycles. The highest BCUT2D eigenvalue weighted by Gasteiger charge is 2.33. The molecule has 0 aliphatic carbocycles. The van der Waals surface area contributed by atoms with Gasteiger partial charge in [0.2, 0.25) is 0 Å². The predicted molar refractivity (Wildman–Crippen MR) is 125 cm³/mol. The Morgan fingerprint density at radius 1 is 1.31 bits per heavy atom. The van der Waals surface area contributed by atoms with Crippen molar-refractivity contribution in [3.8, 4) is 0 Å². The number of hydrogen-bond donors (Lipinski definition) is 0. The van der Waals surface area contributed by atoms with Crippen molar-refractivity contribution in [1.82, 2.24) is 4.57 Å². The molecule has 1 saturated heterocycles. The lowest BCUT2D eigenvalue weighted by atomic mass is 10.0. The monoisotopic (exact) mass is 469 g/mol. The van der Waals surface area contributed by atoms with Gasteiger partial charge in [0.15, 0.2) is 10.7 Å². The molecule has 5 rings (SSSR count). The van der Waals surface area contributed by atoms with Crippen LogP contribution in [-0.2, 0) is 9.53 Å². The molecule has 5 heterocycles. The van der Waals surface area contributed by atoms with Crippen molar-refractivity contribution in [2.75, 3.05) is 24.6 Å². The van der Waals surface area contributed by atoms with Crippen LogP contribution in [0.25, 0.3) is 6.08 Å². The fourth-order valence-electron chi connectivity index (χ4n) is 4.16. The maximum absolute atomic E-state index is 13.5. The van der Waals surface area contributed by atoms with Gasteiger partial charge in [-0.1, -0.05) is 17.4 Å². The molecule has 0 spiro atoms. The third-order valence-electron chi connectivity index (χ3n) is 5.63. The molecular formula is C23H23N3O4S2. The Morgan fingerprint density at radius 3 is 2.84 bits per heavy atom. The van der Waals surface area contributed by atoms with Gasteiger partial charge in [0.1, 0.15) is 11.8 Å². The third-order valence-corrected chi connectivity index (χ3v) is 7.54. The topological polar surface area (TPSA) is 77.0 Å². The highest BCUT2D eigenvalue weighted by molar-refractivity contribution is 7.10. The molecule has 3 aromatic rings. The summed E-state index contributed by atoms with van der Waals surface area (Å²) in [5.41, 5.74) is 0.784. The zero-order valence-corrected chi connectivity index (χ0v) is 19.5. The number of carbonyl (C=O) groups is 1. The van der Waals surface area contributed by atoms with E-state index in [-0.39, 0.29) is 12.2 Å². The summed E-state index contributed by atoms with van der Waals surface area (Å²) < 4.78 is 13.4. The number of hydrogen-bond acceptors (Lipinski definition) is 8. The number of anilines is 1. The van der Waals surface area contributed by atoms with Crippen LogP contribution in [0.4, 0.5) is 5.88 Å². The maximum atomic E-state index is 13.5. The molecule has 0 unspecified atom stereocenters. The molecule has 0 N–H and O–H groups in total. The SMILES string of the molecule is CCOC(=O)C1=C(C)N=c2s/c(=C/c3ccc(N4CCCC4)o3)c(=O)n2[C@@H]1c1cccs1. The molecule has 0 bridgehead atoms. The van der Waals surface area contributed by atoms with Crippen LogP contribution in [0.1, 0.15) is 43.4 Å². The Morgan fingerprint density at radius 2 is 2.12 bits per heavy atom. The summed E-state index contributed by atoms with van der Waals surface area (Å²) in [6, 6.07) is 7.13. The minimum atomic E-state index is -0.552. The summed E-state index contributed by atoms with van der Waals surface area (Å²) in [5.74, 6) is 1.02. The highest BCUT2D eigenvalue weighted by atomic mass is 32.1. The number of nitrogens with zero attached hydrogens (tertiary/aromatic N) is 3. The van der Waals surface area contributed by atoms with Crippen molar-refractivity contribution in [2.24, 2.45) is 4.99 Å². The van der Waals surface area contributed by atoms with Crippen molar-refractivity contribution < 1.29 is 13.9 Å². The molecule has 1 atom stereocenters. The van der Waals surface area contributed by atoms with E-state index in [1.165, 1.54) is 35.5 Å². The second kappa shape index (κ2) is 8.55. The summed E-state index contributed by atoms with van der Waals surface area (Å²) in [7, 11) is 0. The number of allylic oxidation sites excluding steroid dienone is 1. The van der Waals surface area contributed by atoms with E-state index in [0.717, 1.165) is 23.9 Å². The summed E-state index contributed by atoms with van der Waals surface area (Å²) in [6.45, 7) is 5.80. The number of furan rings is 1. The molecule has 7 nitrogen and oxygen atoms in total. The number of fused-ring (bicyclic) bond motifs is 1. The first kappa shape index (κ1) is 21.0. The Kier molecular flexibility index (Phi) is 5.60. The summed E-state index contributed by atoms with van der Waals surface area (Å²) in [4.78, 5) is 34.5. The van der Waals surface area contributed by atoms with E-state index in [1.807, 2.05) is 29.6 Å². The molecule has 0 radical (unpaired) electrons. The number of esters is 1. The van der Waals surface area contributed by atoms with Crippen LogP contribution < -0.4 is 19.8 Å². The van der Waals surface area contributed by atoms with Crippen molar-refractivity contribution in [1.29, 1.82) is 0 Å². The minimum Gasteiger partial charge on any atom is -0.463 e. The standard InChI is InChI=1S/C23H23N3O4S2/c1-3-29-22(28)19-14(2)24-23-26(20(19)16-7-6-12-31-16)21(27)17(32-23)13-15-8-9-18(30-15)25-10-4-5-11-25/h6-9,12-13,20H,3-5,10-11H2,1-2H3/b17-13+/t20-/m1/s1.